The average molecular weight is 404 g/mol. The number of nitrogens with zero attached hydrogens (tertiary/aromatic N) is 1. The number of thiazole rings is 1. The lowest BCUT2D eigenvalue weighted by molar-refractivity contribution is 0.569. The second-order valence-corrected chi connectivity index (χ2v) is 8.07. The van der Waals surface area contributed by atoms with Gasteiger partial charge < -0.3 is 5.73 Å². The SMILES string of the molecule is CC(C)(C)c1csc(C(N)c2ccc(Br)c(Br)c2)n1. The summed E-state index contributed by atoms with van der Waals surface area (Å²) < 4.78 is 2.03. The Hall–Kier alpha value is -0.230. The molecular weight excluding hydrogens is 388 g/mol. The van der Waals surface area contributed by atoms with Gasteiger partial charge in [-0.3, -0.25) is 0 Å². The van der Waals surface area contributed by atoms with Gasteiger partial charge in [-0.15, -0.1) is 11.3 Å². The highest BCUT2D eigenvalue weighted by molar-refractivity contribution is 9.13. The van der Waals surface area contributed by atoms with E-state index in [2.05, 4.69) is 63.0 Å². The Bertz CT molecular complexity index is 587. The Kier molecular flexibility index (Phi) is 4.50. The van der Waals surface area contributed by atoms with Gasteiger partial charge in [0.05, 0.1) is 11.7 Å². The lowest BCUT2D eigenvalue weighted by atomic mass is 9.93. The van der Waals surface area contributed by atoms with Crippen LogP contribution < -0.4 is 5.73 Å². The number of rotatable bonds is 2. The maximum absolute atomic E-state index is 6.30. The quantitative estimate of drug-likeness (QED) is 0.764. The molecule has 0 aliphatic carbocycles. The molecule has 1 unspecified atom stereocenters. The largest absolute Gasteiger partial charge is 0.318 e. The maximum atomic E-state index is 6.30. The summed E-state index contributed by atoms with van der Waals surface area (Å²) in [6.07, 6.45) is 0. The highest BCUT2D eigenvalue weighted by Crippen LogP contribution is 2.31. The van der Waals surface area contributed by atoms with E-state index in [4.69, 9.17) is 5.73 Å². The van der Waals surface area contributed by atoms with Crippen LogP contribution in [0.25, 0.3) is 0 Å². The van der Waals surface area contributed by atoms with Crippen molar-refractivity contribution in [2.45, 2.75) is 32.2 Å². The summed E-state index contributed by atoms with van der Waals surface area (Å²) in [7, 11) is 0. The van der Waals surface area contributed by atoms with Crippen molar-refractivity contribution in [1.82, 2.24) is 4.98 Å². The molecule has 0 aliphatic rings. The zero-order chi connectivity index (χ0) is 14.2. The van der Waals surface area contributed by atoms with Crippen LogP contribution in [0.3, 0.4) is 0 Å². The first-order valence-corrected chi connectivity index (χ1v) is 8.42. The van der Waals surface area contributed by atoms with Crippen LogP contribution >= 0.6 is 43.2 Å². The van der Waals surface area contributed by atoms with Gasteiger partial charge in [-0.2, -0.15) is 0 Å². The third-order valence-corrected chi connectivity index (χ3v) is 5.67. The molecule has 0 fully saturated rings. The van der Waals surface area contributed by atoms with Crippen LogP contribution in [0.1, 0.15) is 43.1 Å². The number of halogens is 2. The Morgan fingerprint density at radius 2 is 1.89 bits per heavy atom. The van der Waals surface area contributed by atoms with E-state index in [1.807, 2.05) is 18.2 Å². The van der Waals surface area contributed by atoms with Gasteiger partial charge in [-0.25, -0.2) is 4.98 Å². The predicted molar refractivity (Wildman–Crippen MR) is 88.7 cm³/mol. The lowest BCUT2D eigenvalue weighted by Gasteiger charge is -2.15. The van der Waals surface area contributed by atoms with Crippen LogP contribution in [0.5, 0.6) is 0 Å². The van der Waals surface area contributed by atoms with Crippen molar-refractivity contribution in [2.24, 2.45) is 5.73 Å². The molecule has 1 heterocycles. The molecule has 0 spiro atoms. The van der Waals surface area contributed by atoms with Crippen LogP contribution in [0.2, 0.25) is 0 Å². The molecule has 19 heavy (non-hydrogen) atoms. The van der Waals surface area contributed by atoms with Crippen LogP contribution in [-0.4, -0.2) is 4.98 Å². The summed E-state index contributed by atoms with van der Waals surface area (Å²) in [6.45, 7) is 6.48. The molecule has 0 bridgehead atoms. The van der Waals surface area contributed by atoms with E-state index in [1.54, 1.807) is 11.3 Å². The van der Waals surface area contributed by atoms with E-state index in [1.165, 1.54) is 0 Å². The molecule has 0 aliphatic heterocycles. The summed E-state index contributed by atoms with van der Waals surface area (Å²) in [5, 5.41) is 3.06. The first-order valence-electron chi connectivity index (χ1n) is 5.95. The third kappa shape index (κ3) is 3.45. The summed E-state index contributed by atoms with van der Waals surface area (Å²) in [5.41, 5.74) is 8.52. The van der Waals surface area contributed by atoms with E-state index >= 15 is 0 Å². The van der Waals surface area contributed by atoms with Gasteiger partial charge in [0.25, 0.3) is 0 Å². The van der Waals surface area contributed by atoms with Crippen molar-refractivity contribution in [3.63, 3.8) is 0 Å². The Labute approximate surface area is 134 Å². The molecular formula is C14H16Br2N2S. The van der Waals surface area contributed by atoms with Gasteiger partial charge in [-0.05, 0) is 49.6 Å². The average Bonchev–Trinajstić information content (AvgIpc) is 2.81. The second-order valence-electron chi connectivity index (χ2n) is 5.47. The van der Waals surface area contributed by atoms with Crippen LogP contribution in [-0.2, 0) is 5.41 Å². The monoisotopic (exact) mass is 402 g/mol. The highest BCUT2D eigenvalue weighted by Gasteiger charge is 2.20. The highest BCUT2D eigenvalue weighted by atomic mass is 79.9. The molecule has 0 saturated heterocycles. The van der Waals surface area contributed by atoms with Gasteiger partial charge >= 0.3 is 0 Å². The number of nitrogens with two attached hydrogens (primary N) is 1. The molecule has 1 atom stereocenters. The standard InChI is InChI=1S/C14H16Br2N2S/c1-14(2,3)11-7-19-13(18-11)12(17)8-4-5-9(15)10(16)6-8/h4-7,12H,17H2,1-3H3. The first-order chi connectivity index (χ1) is 8.79. The fraction of sp³-hybridized carbons (Fsp3) is 0.357. The minimum absolute atomic E-state index is 0.0643. The van der Waals surface area contributed by atoms with E-state index < -0.39 is 0 Å². The Morgan fingerprint density at radius 1 is 1.21 bits per heavy atom. The summed E-state index contributed by atoms with van der Waals surface area (Å²) in [6, 6.07) is 5.88. The number of hydrogen-bond donors (Lipinski definition) is 1. The molecule has 0 amide bonds. The fourth-order valence-electron chi connectivity index (χ4n) is 1.62. The molecule has 5 heteroatoms. The minimum atomic E-state index is -0.175. The smallest absolute Gasteiger partial charge is 0.114 e. The zero-order valence-electron chi connectivity index (χ0n) is 11.1. The topological polar surface area (TPSA) is 38.9 Å². The molecule has 1 aromatic heterocycles. The van der Waals surface area contributed by atoms with Crippen LogP contribution in [0.4, 0.5) is 0 Å². The van der Waals surface area contributed by atoms with Crippen molar-refractivity contribution in [1.29, 1.82) is 0 Å². The van der Waals surface area contributed by atoms with Crippen molar-refractivity contribution in [2.75, 3.05) is 0 Å². The van der Waals surface area contributed by atoms with Crippen LogP contribution in [0, 0.1) is 0 Å². The molecule has 0 radical (unpaired) electrons. The normalized spacial score (nSPS) is 13.6. The Morgan fingerprint density at radius 3 is 2.42 bits per heavy atom. The number of benzene rings is 1. The van der Waals surface area contributed by atoms with Crippen LogP contribution in [0.15, 0.2) is 32.5 Å². The zero-order valence-corrected chi connectivity index (χ0v) is 15.1. The fourth-order valence-corrected chi connectivity index (χ4v) is 3.34. The van der Waals surface area contributed by atoms with E-state index in [0.717, 1.165) is 25.2 Å². The van der Waals surface area contributed by atoms with Gasteiger partial charge in [0, 0.05) is 19.7 Å². The van der Waals surface area contributed by atoms with Gasteiger partial charge in [0.1, 0.15) is 5.01 Å². The van der Waals surface area contributed by atoms with E-state index in [0.29, 0.717) is 0 Å². The molecule has 1 aromatic carbocycles. The van der Waals surface area contributed by atoms with Crippen molar-refractivity contribution in [3.05, 3.63) is 48.8 Å². The van der Waals surface area contributed by atoms with Gasteiger partial charge in [0.15, 0.2) is 0 Å². The molecule has 2 aromatic rings. The summed E-state index contributed by atoms with van der Waals surface area (Å²) in [5.74, 6) is 0. The third-order valence-electron chi connectivity index (χ3n) is 2.86. The number of hydrogen-bond acceptors (Lipinski definition) is 3. The number of aromatic nitrogens is 1. The maximum Gasteiger partial charge on any atom is 0.114 e. The van der Waals surface area contributed by atoms with E-state index in [-0.39, 0.29) is 11.5 Å². The summed E-state index contributed by atoms with van der Waals surface area (Å²) in [4.78, 5) is 4.68. The lowest BCUT2D eigenvalue weighted by Crippen LogP contribution is -2.15. The molecule has 2 nitrogen and oxygen atoms in total. The Balaban J connectivity index is 2.31. The minimum Gasteiger partial charge on any atom is -0.318 e. The molecule has 102 valence electrons. The molecule has 2 N–H and O–H groups in total. The molecule has 0 saturated carbocycles. The second kappa shape index (κ2) is 5.64. The van der Waals surface area contributed by atoms with Gasteiger partial charge in [0.2, 0.25) is 0 Å². The van der Waals surface area contributed by atoms with Crippen molar-refractivity contribution in [3.8, 4) is 0 Å². The van der Waals surface area contributed by atoms with Crippen molar-refractivity contribution >= 4 is 43.2 Å². The van der Waals surface area contributed by atoms with Crippen molar-refractivity contribution < 1.29 is 0 Å². The van der Waals surface area contributed by atoms with Gasteiger partial charge in [-0.1, -0.05) is 26.8 Å². The predicted octanol–water partition coefficient (Wildman–Crippen LogP) is 5.01. The van der Waals surface area contributed by atoms with E-state index in [9.17, 15) is 0 Å². The molecule has 2 rings (SSSR count). The first kappa shape index (κ1) is 15.2. The summed E-state index contributed by atoms with van der Waals surface area (Å²) >= 11 is 8.59.